The first-order chi connectivity index (χ1) is 10.9. The van der Waals surface area contributed by atoms with Crippen LogP contribution >= 0.6 is 0 Å². The fourth-order valence-corrected chi connectivity index (χ4v) is 6.79. The molecule has 2 nitrogen and oxygen atoms in total. The van der Waals surface area contributed by atoms with Crippen LogP contribution in [0.5, 0.6) is 0 Å². The van der Waals surface area contributed by atoms with Crippen molar-refractivity contribution < 1.29 is 9.90 Å². The quantitative estimate of drug-likeness (QED) is 0.530. The Morgan fingerprint density at radius 3 is 2.61 bits per heavy atom. The van der Waals surface area contributed by atoms with E-state index >= 15 is 0 Å². The minimum atomic E-state index is -0.137. The van der Waals surface area contributed by atoms with E-state index in [2.05, 4.69) is 26.0 Å². The number of aliphatic hydroxyl groups excluding tert-OH is 1. The molecule has 0 spiro atoms. The zero-order chi connectivity index (χ0) is 16.4. The van der Waals surface area contributed by atoms with Crippen molar-refractivity contribution in [3.8, 4) is 0 Å². The largest absolute Gasteiger partial charge is 0.393 e. The van der Waals surface area contributed by atoms with Crippen molar-refractivity contribution in [1.82, 2.24) is 0 Å². The van der Waals surface area contributed by atoms with E-state index in [1.54, 1.807) is 0 Å². The van der Waals surface area contributed by atoms with Gasteiger partial charge in [-0.1, -0.05) is 31.6 Å². The van der Waals surface area contributed by atoms with Gasteiger partial charge in [-0.3, -0.25) is 4.79 Å². The van der Waals surface area contributed by atoms with Crippen LogP contribution in [-0.2, 0) is 4.79 Å². The van der Waals surface area contributed by atoms with Gasteiger partial charge in [0.1, 0.15) is 0 Å². The second-order valence-corrected chi connectivity index (χ2v) is 8.94. The summed E-state index contributed by atoms with van der Waals surface area (Å²) in [5, 5.41) is 10.1. The molecular weight excluding hydrogens is 284 g/mol. The molecule has 4 rings (SSSR count). The Hall–Kier alpha value is -0.890. The van der Waals surface area contributed by atoms with Gasteiger partial charge in [0.15, 0.2) is 5.78 Å². The van der Waals surface area contributed by atoms with Crippen molar-refractivity contribution in [1.29, 1.82) is 0 Å². The van der Waals surface area contributed by atoms with Gasteiger partial charge in [0.05, 0.1) is 6.10 Å². The second-order valence-electron chi connectivity index (χ2n) is 8.94. The Kier molecular flexibility index (Phi) is 3.43. The van der Waals surface area contributed by atoms with Crippen LogP contribution in [0.2, 0.25) is 0 Å². The Bertz CT molecular complexity index is 601. The van der Waals surface area contributed by atoms with E-state index in [9.17, 15) is 9.90 Å². The first-order valence-electron chi connectivity index (χ1n) is 9.47. The van der Waals surface area contributed by atoms with Gasteiger partial charge in [-0.05, 0) is 79.6 Å². The Balaban J connectivity index is 1.71. The van der Waals surface area contributed by atoms with Crippen molar-refractivity contribution in [3.05, 3.63) is 23.3 Å². The lowest BCUT2D eigenvalue weighted by Crippen LogP contribution is -2.49. The van der Waals surface area contributed by atoms with Crippen LogP contribution in [-0.4, -0.2) is 17.0 Å². The number of aliphatic hydroxyl groups is 1. The summed E-state index contributed by atoms with van der Waals surface area (Å²) >= 11 is 0. The SMILES string of the molecule is CC=C1C(=O)CC2C3CC=C4C[C@@H](O)CC[C@]4(C)C3CC[C@]12C. The number of hydrogen-bond donors (Lipinski definition) is 1. The number of rotatable bonds is 0. The monoisotopic (exact) mass is 314 g/mol. The van der Waals surface area contributed by atoms with Crippen molar-refractivity contribution in [2.24, 2.45) is 28.6 Å². The predicted octanol–water partition coefficient (Wildman–Crippen LogP) is 4.44. The maximum Gasteiger partial charge on any atom is 0.159 e. The summed E-state index contributed by atoms with van der Waals surface area (Å²) in [5.74, 6) is 2.29. The zero-order valence-corrected chi connectivity index (χ0v) is 14.8. The summed E-state index contributed by atoms with van der Waals surface area (Å²) in [7, 11) is 0. The van der Waals surface area contributed by atoms with Gasteiger partial charge in [-0.15, -0.1) is 0 Å². The molecule has 0 heterocycles. The van der Waals surface area contributed by atoms with E-state index in [0.717, 1.165) is 44.1 Å². The van der Waals surface area contributed by atoms with Crippen LogP contribution in [0.15, 0.2) is 23.3 Å². The summed E-state index contributed by atoms with van der Waals surface area (Å²) in [4.78, 5) is 12.5. The minimum Gasteiger partial charge on any atom is -0.393 e. The Morgan fingerprint density at radius 1 is 1.13 bits per heavy atom. The number of carbonyl (C=O) groups excluding carboxylic acids is 1. The predicted molar refractivity (Wildman–Crippen MR) is 91.9 cm³/mol. The first kappa shape index (κ1) is 15.6. The molecule has 3 saturated carbocycles. The van der Waals surface area contributed by atoms with Gasteiger partial charge >= 0.3 is 0 Å². The summed E-state index contributed by atoms with van der Waals surface area (Å²) in [6.07, 6.45) is 11.6. The first-order valence-corrected chi connectivity index (χ1v) is 9.47. The number of hydrogen-bond acceptors (Lipinski definition) is 2. The third kappa shape index (κ3) is 2.00. The van der Waals surface area contributed by atoms with Gasteiger partial charge < -0.3 is 5.11 Å². The van der Waals surface area contributed by atoms with Gasteiger partial charge in [-0.25, -0.2) is 0 Å². The molecule has 23 heavy (non-hydrogen) atoms. The normalized spacial score (nSPS) is 51.0. The number of ketones is 1. The molecule has 0 aromatic carbocycles. The van der Waals surface area contributed by atoms with E-state index in [1.165, 1.54) is 12.0 Å². The highest BCUT2D eigenvalue weighted by Gasteiger charge is 2.59. The number of fused-ring (bicyclic) bond motifs is 5. The maximum atomic E-state index is 12.5. The van der Waals surface area contributed by atoms with Gasteiger partial charge in [0, 0.05) is 6.42 Å². The summed E-state index contributed by atoms with van der Waals surface area (Å²) in [6.45, 7) is 6.83. The average Bonchev–Trinajstić information content (AvgIpc) is 2.77. The van der Waals surface area contributed by atoms with Crippen LogP contribution in [0.4, 0.5) is 0 Å². The van der Waals surface area contributed by atoms with Crippen molar-refractivity contribution in [2.45, 2.75) is 71.8 Å². The number of carbonyl (C=O) groups is 1. The molecule has 1 N–H and O–H groups in total. The third-order valence-corrected chi connectivity index (χ3v) is 8.08. The highest BCUT2D eigenvalue weighted by atomic mass is 16.3. The maximum absolute atomic E-state index is 12.5. The molecule has 126 valence electrons. The third-order valence-electron chi connectivity index (χ3n) is 8.08. The van der Waals surface area contributed by atoms with E-state index in [4.69, 9.17) is 0 Å². The van der Waals surface area contributed by atoms with Crippen molar-refractivity contribution >= 4 is 5.78 Å². The summed E-state index contributed by atoms with van der Waals surface area (Å²) in [5.41, 5.74) is 3.00. The van der Waals surface area contributed by atoms with Gasteiger partial charge in [-0.2, -0.15) is 0 Å². The highest BCUT2D eigenvalue weighted by molar-refractivity contribution is 5.99. The number of Topliss-reactive ketones (excluding diaryl/α,β-unsaturated/α-hetero) is 1. The van der Waals surface area contributed by atoms with E-state index < -0.39 is 0 Å². The van der Waals surface area contributed by atoms with Crippen LogP contribution in [0.1, 0.15) is 65.7 Å². The molecule has 4 aliphatic rings. The van der Waals surface area contributed by atoms with E-state index in [0.29, 0.717) is 23.5 Å². The molecule has 4 aliphatic carbocycles. The fraction of sp³-hybridized carbons (Fsp3) is 0.762. The topological polar surface area (TPSA) is 37.3 Å². The molecular formula is C21H30O2. The Morgan fingerprint density at radius 2 is 1.87 bits per heavy atom. The molecule has 0 radical (unpaired) electrons. The Labute approximate surface area is 140 Å². The fourth-order valence-electron chi connectivity index (χ4n) is 6.79. The van der Waals surface area contributed by atoms with Crippen molar-refractivity contribution in [2.75, 3.05) is 0 Å². The molecule has 0 saturated heterocycles. The zero-order valence-electron chi connectivity index (χ0n) is 14.8. The molecule has 0 amide bonds. The van der Waals surface area contributed by atoms with Crippen LogP contribution in [0.25, 0.3) is 0 Å². The molecule has 2 heteroatoms. The van der Waals surface area contributed by atoms with Crippen LogP contribution in [0, 0.1) is 28.6 Å². The van der Waals surface area contributed by atoms with Crippen molar-refractivity contribution in [3.63, 3.8) is 0 Å². The average molecular weight is 314 g/mol. The molecule has 6 atom stereocenters. The second kappa shape index (κ2) is 5.05. The van der Waals surface area contributed by atoms with Crippen LogP contribution < -0.4 is 0 Å². The molecule has 0 aromatic rings. The van der Waals surface area contributed by atoms with E-state index in [1.807, 2.05) is 6.92 Å². The van der Waals surface area contributed by atoms with Crippen LogP contribution in [0.3, 0.4) is 0 Å². The van der Waals surface area contributed by atoms with Gasteiger partial charge in [0.25, 0.3) is 0 Å². The lowest BCUT2D eigenvalue weighted by molar-refractivity contribution is -0.115. The number of allylic oxidation sites excluding steroid dienone is 3. The highest BCUT2D eigenvalue weighted by Crippen LogP contribution is 2.65. The molecule has 0 aromatic heterocycles. The minimum absolute atomic E-state index is 0.114. The lowest BCUT2D eigenvalue weighted by atomic mass is 9.48. The lowest BCUT2D eigenvalue weighted by Gasteiger charge is -2.57. The van der Waals surface area contributed by atoms with Gasteiger partial charge in [0.2, 0.25) is 0 Å². The summed E-state index contributed by atoms with van der Waals surface area (Å²) < 4.78 is 0. The standard InChI is InChI=1S/C21H30O2/c1-4-16-19(23)12-18-15-6-5-13-11-14(22)7-9-20(13,2)17(15)8-10-21(16,18)3/h4-5,14-15,17-18,22H,6-12H2,1-3H3/t14-,15?,17?,18?,20-,21+/m0/s1. The smallest absolute Gasteiger partial charge is 0.159 e. The molecule has 0 aliphatic heterocycles. The van der Waals surface area contributed by atoms with E-state index in [-0.39, 0.29) is 16.9 Å². The molecule has 3 unspecified atom stereocenters. The molecule has 0 bridgehead atoms. The molecule has 3 fully saturated rings. The summed E-state index contributed by atoms with van der Waals surface area (Å²) in [6, 6.07) is 0.